The number of aromatic nitrogens is 2. The zero-order valence-corrected chi connectivity index (χ0v) is 19.0. The van der Waals surface area contributed by atoms with E-state index in [-0.39, 0.29) is 18.1 Å². The van der Waals surface area contributed by atoms with Crippen molar-refractivity contribution in [1.29, 1.82) is 0 Å². The van der Waals surface area contributed by atoms with Gasteiger partial charge in [-0.15, -0.1) is 0 Å². The van der Waals surface area contributed by atoms with Gasteiger partial charge in [-0.05, 0) is 73.5 Å². The molecule has 180 valence electrons. The highest BCUT2D eigenvalue weighted by atomic mass is 19.4. The Morgan fingerprint density at radius 1 is 1.06 bits per heavy atom. The van der Waals surface area contributed by atoms with Crippen molar-refractivity contribution in [3.8, 4) is 0 Å². The molecule has 2 aromatic heterocycles. The predicted octanol–water partition coefficient (Wildman–Crippen LogP) is 6.08. The van der Waals surface area contributed by atoms with Gasteiger partial charge in [0.2, 0.25) is 0 Å². The molecule has 5 nitrogen and oxygen atoms in total. The van der Waals surface area contributed by atoms with Crippen LogP contribution in [0.4, 0.5) is 23.4 Å². The Bertz CT molecular complexity index is 1370. The summed E-state index contributed by atoms with van der Waals surface area (Å²) in [6.45, 7) is 3.53. The van der Waals surface area contributed by atoms with Crippen LogP contribution in [0.5, 0.6) is 0 Å². The van der Waals surface area contributed by atoms with Crippen LogP contribution in [-0.2, 0) is 12.7 Å². The van der Waals surface area contributed by atoms with E-state index in [9.17, 15) is 22.4 Å². The van der Waals surface area contributed by atoms with Gasteiger partial charge in [0.15, 0.2) is 0 Å². The first kappa shape index (κ1) is 24.1. The lowest BCUT2D eigenvalue weighted by atomic mass is 10.0. The molecule has 35 heavy (non-hydrogen) atoms. The number of carbonyl (C=O) groups is 1. The monoisotopic (exact) mass is 482 g/mol. The van der Waals surface area contributed by atoms with Gasteiger partial charge in [0.1, 0.15) is 11.6 Å². The van der Waals surface area contributed by atoms with Crippen molar-refractivity contribution in [1.82, 2.24) is 14.9 Å². The average molecular weight is 482 g/mol. The summed E-state index contributed by atoms with van der Waals surface area (Å²) in [5.74, 6) is -0.378. The fraction of sp³-hybridized carbons (Fsp3) is 0.192. The summed E-state index contributed by atoms with van der Waals surface area (Å²) in [5.41, 5.74) is 7.72. The van der Waals surface area contributed by atoms with E-state index < -0.39 is 23.6 Å². The van der Waals surface area contributed by atoms with Crippen LogP contribution < -0.4 is 5.73 Å². The van der Waals surface area contributed by atoms with E-state index in [0.717, 1.165) is 23.2 Å². The molecule has 0 spiro atoms. The number of nitrogens with two attached hydrogens (primary N) is 1. The van der Waals surface area contributed by atoms with Crippen LogP contribution in [0.2, 0.25) is 0 Å². The predicted molar refractivity (Wildman–Crippen MR) is 125 cm³/mol. The van der Waals surface area contributed by atoms with Crippen LogP contribution in [0.25, 0.3) is 10.9 Å². The van der Waals surface area contributed by atoms with Crippen molar-refractivity contribution < 1.29 is 22.4 Å². The normalized spacial score (nSPS) is 12.5. The SMILES string of the molecule is Cc1cc2cc(C(=O)N(Cc3ccc(C(F)(F)F)cn3)C(C)c3ccc(F)cc3)ccc2nc1N. The second-order valence-corrected chi connectivity index (χ2v) is 8.29. The summed E-state index contributed by atoms with van der Waals surface area (Å²) < 4.78 is 52.3. The van der Waals surface area contributed by atoms with Crippen molar-refractivity contribution in [3.63, 3.8) is 0 Å². The number of carbonyl (C=O) groups excluding carboxylic acids is 1. The van der Waals surface area contributed by atoms with E-state index in [4.69, 9.17) is 5.73 Å². The number of pyridine rings is 2. The van der Waals surface area contributed by atoms with Gasteiger partial charge in [-0.1, -0.05) is 12.1 Å². The minimum Gasteiger partial charge on any atom is -0.383 e. The molecule has 2 heterocycles. The fourth-order valence-corrected chi connectivity index (χ4v) is 3.76. The standard InChI is InChI=1S/C26H22F4N4O/c1-15-11-19-12-18(5-10-23(19)33-24(15)31)25(35)34(16(2)17-3-7-21(27)8-4-17)14-22-9-6-20(13-32-22)26(28,29)30/h3-13,16H,14H2,1-2H3,(H2,31,33). The molecule has 0 aliphatic rings. The number of nitrogen functional groups attached to an aromatic ring is 1. The Kier molecular flexibility index (Phi) is 6.43. The van der Waals surface area contributed by atoms with Crippen LogP contribution >= 0.6 is 0 Å². The number of hydrogen-bond donors (Lipinski definition) is 1. The molecule has 0 saturated heterocycles. The average Bonchev–Trinajstić information content (AvgIpc) is 2.82. The van der Waals surface area contributed by atoms with E-state index in [1.165, 1.54) is 23.1 Å². The molecule has 4 rings (SSSR count). The first-order valence-corrected chi connectivity index (χ1v) is 10.8. The highest BCUT2D eigenvalue weighted by Crippen LogP contribution is 2.30. The van der Waals surface area contributed by atoms with E-state index in [1.807, 2.05) is 13.0 Å². The largest absolute Gasteiger partial charge is 0.417 e. The molecule has 0 radical (unpaired) electrons. The molecule has 1 unspecified atom stereocenters. The molecule has 0 saturated carbocycles. The number of nitrogens with zero attached hydrogens (tertiary/aromatic N) is 3. The molecule has 0 fully saturated rings. The highest BCUT2D eigenvalue weighted by molar-refractivity contribution is 5.98. The van der Waals surface area contributed by atoms with Crippen molar-refractivity contribution in [2.24, 2.45) is 0 Å². The van der Waals surface area contributed by atoms with E-state index in [2.05, 4.69) is 9.97 Å². The molecular formula is C26H22F4N4O. The van der Waals surface area contributed by atoms with Gasteiger partial charge in [0.25, 0.3) is 5.91 Å². The number of rotatable bonds is 5. The second kappa shape index (κ2) is 9.32. The number of fused-ring (bicyclic) bond motifs is 1. The first-order valence-electron chi connectivity index (χ1n) is 10.8. The maximum atomic E-state index is 13.7. The highest BCUT2D eigenvalue weighted by Gasteiger charge is 2.31. The van der Waals surface area contributed by atoms with Gasteiger partial charge in [-0.25, -0.2) is 9.37 Å². The quantitative estimate of drug-likeness (QED) is 0.350. The zero-order valence-electron chi connectivity index (χ0n) is 19.0. The zero-order chi connectivity index (χ0) is 25.3. The number of halogens is 4. The van der Waals surface area contributed by atoms with Gasteiger partial charge in [-0.3, -0.25) is 9.78 Å². The third-order valence-corrected chi connectivity index (χ3v) is 5.86. The number of aryl methyl sites for hydroxylation is 1. The maximum Gasteiger partial charge on any atom is 0.417 e. The topological polar surface area (TPSA) is 72.1 Å². The maximum absolute atomic E-state index is 13.7. The van der Waals surface area contributed by atoms with Crippen LogP contribution in [0.3, 0.4) is 0 Å². The molecule has 1 atom stereocenters. The van der Waals surface area contributed by atoms with Gasteiger partial charge in [0, 0.05) is 17.1 Å². The van der Waals surface area contributed by atoms with Crippen molar-refractivity contribution >= 4 is 22.6 Å². The Labute approximate surface area is 199 Å². The van der Waals surface area contributed by atoms with Gasteiger partial charge in [0.05, 0.1) is 29.4 Å². The van der Waals surface area contributed by atoms with Gasteiger partial charge >= 0.3 is 6.18 Å². The second-order valence-electron chi connectivity index (χ2n) is 8.29. The third kappa shape index (κ3) is 5.24. The number of benzene rings is 2. The summed E-state index contributed by atoms with van der Waals surface area (Å²) in [5, 5.41) is 0.726. The Morgan fingerprint density at radius 2 is 1.77 bits per heavy atom. The van der Waals surface area contributed by atoms with Crippen LogP contribution in [0.1, 0.15) is 45.7 Å². The summed E-state index contributed by atoms with van der Waals surface area (Å²) >= 11 is 0. The minimum absolute atomic E-state index is 0.0490. The summed E-state index contributed by atoms with van der Waals surface area (Å²) in [6.07, 6.45) is -3.77. The smallest absolute Gasteiger partial charge is 0.383 e. The van der Waals surface area contributed by atoms with Crippen LogP contribution in [0, 0.1) is 12.7 Å². The van der Waals surface area contributed by atoms with E-state index in [0.29, 0.717) is 22.5 Å². The van der Waals surface area contributed by atoms with Crippen LogP contribution in [-0.4, -0.2) is 20.8 Å². The minimum atomic E-state index is -4.51. The Balaban J connectivity index is 1.71. The fourth-order valence-electron chi connectivity index (χ4n) is 3.76. The lowest BCUT2D eigenvalue weighted by Crippen LogP contribution is -2.33. The molecule has 9 heteroatoms. The molecule has 2 aromatic carbocycles. The molecule has 0 aliphatic heterocycles. The van der Waals surface area contributed by atoms with Crippen molar-refractivity contribution in [2.75, 3.05) is 5.73 Å². The molecule has 0 bridgehead atoms. The van der Waals surface area contributed by atoms with Gasteiger partial charge < -0.3 is 10.6 Å². The van der Waals surface area contributed by atoms with E-state index in [1.54, 1.807) is 37.3 Å². The van der Waals surface area contributed by atoms with Crippen molar-refractivity contribution in [3.05, 3.63) is 101 Å². The van der Waals surface area contributed by atoms with E-state index >= 15 is 0 Å². The molecule has 0 aliphatic carbocycles. The molecular weight excluding hydrogens is 460 g/mol. The number of hydrogen-bond acceptors (Lipinski definition) is 4. The number of anilines is 1. The number of alkyl halides is 3. The Hall–Kier alpha value is -4.01. The Morgan fingerprint density at radius 3 is 2.40 bits per heavy atom. The van der Waals surface area contributed by atoms with Crippen LogP contribution in [0.15, 0.2) is 66.9 Å². The first-order chi connectivity index (χ1) is 16.5. The van der Waals surface area contributed by atoms with Crippen molar-refractivity contribution in [2.45, 2.75) is 32.6 Å². The molecule has 2 N–H and O–H groups in total. The third-order valence-electron chi connectivity index (χ3n) is 5.86. The lowest BCUT2D eigenvalue weighted by molar-refractivity contribution is -0.137. The number of amides is 1. The van der Waals surface area contributed by atoms with Gasteiger partial charge in [-0.2, -0.15) is 13.2 Å². The lowest BCUT2D eigenvalue weighted by Gasteiger charge is -2.30. The molecule has 4 aromatic rings. The summed E-state index contributed by atoms with van der Waals surface area (Å²) in [4.78, 5) is 23.4. The summed E-state index contributed by atoms with van der Waals surface area (Å²) in [7, 11) is 0. The summed E-state index contributed by atoms with van der Waals surface area (Å²) in [6, 6.07) is 14.2. The molecule has 1 amide bonds.